The van der Waals surface area contributed by atoms with Crippen LogP contribution in [0.2, 0.25) is 0 Å². The molecule has 0 unspecified atom stereocenters. The van der Waals surface area contributed by atoms with Gasteiger partial charge in [-0.1, -0.05) is 36.4 Å². The van der Waals surface area contributed by atoms with E-state index in [0.717, 1.165) is 22.9 Å². The monoisotopic (exact) mass is 297 g/mol. The van der Waals surface area contributed by atoms with Crippen LogP contribution in [0, 0.1) is 13.8 Å². The van der Waals surface area contributed by atoms with Crippen molar-refractivity contribution in [3.05, 3.63) is 65.5 Å². The molecule has 0 amide bonds. The average Bonchev–Trinajstić information content (AvgIpc) is 2.94. The molecule has 106 valence electrons. The number of nitrogens with zero attached hydrogens (tertiary/aromatic N) is 3. The number of rotatable bonds is 3. The van der Waals surface area contributed by atoms with Crippen LogP contribution in [-0.2, 0) is 5.88 Å². The van der Waals surface area contributed by atoms with E-state index < -0.39 is 0 Å². The van der Waals surface area contributed by atoms with Gasteiger partial charge in [-0.25, -0.2) is 0 Å². The molecule has 0 saturated heterocycles. The van der Waals surface area contributed by atoms with Gasteiger partial charge >= 0.3 is 0 Å². The zero-order valence-electron chi connectivity index (χ0n) is 12.0. The van der Waals surface area contributed by atoms with Crippen LogP contribution in [0.15, 0.2) is 48.5 Å². The molecule has 0 aliphatic heterocycles. The van der Waals surface area contributed by atoms with Crippen LogP contribution >= 0.6 is 11.6 Å². The largest absolute Gasteiger partial charge is 0.278 e. The lowest BCUT2D eigenvalue weighted by atomic mass is 10.0. The zero-order chi connectivity index (χ0) is 14.8. The highest BCUT2D eigenvalue weighted by molar-refractivity contribution is 6.16. The molecule has 3 nitrogen and oxygen atoms in total. The summed E-state index contributed by atoms with van der Waals surface area (Å²) in [5.41, 5.74) is 4.56. The lowest BCUT2D eigenvalue weighted by Crippen LogP contribution is -2.02. The minimum Gasteiger partial charge on any atom is -0.278 e. The Kier molecular flexibility index (Phi) is 3.76. The van der Waals surface area contributed by atoms with Crippen LogP contribution in [0.5, 0.6) is 0 Å². The van der Waals surface area contributed by atoms with E-state index >= 15 is 0 Å². The molecule has 0 N–H and O–H groups in total. The molecule has 0 fully saturated rings. The Hall–Kier alpha value is -2.13. The fraction of sp³-hybridized carbons (Fsp3) is 0.176. The minimum absolute atomic E-state index is 0.326. The Morgan fingerprint density at radius 2 is 1.71 bits per heavy atom. The van der Waals surface area contributed by atoms with Gasteiger partial charge in [0.05, 0.1) is 5.88 Å². The van der Waals surface area contributed by atoms with Gasteiger partial charge in [-0.2, -0.15) is 0 Å². The predicted molar refractivity (Wildman–Crippen MR) is 85.8 cm³/mol. The fourth-order valence-corrected chi connectivity index (χ4v) is 2.59. The molecule has 3 rings (SSSR count). The number of benzene rings is 2. The summed E-state index contributed by atoms with van der Waals surface area (Å²) in [5, 5.41) is 8.60. The Morgan fingerprint density at radius 3 is 2.43 bits per heavy atom. The number of aryl methyl sites for hydroxylation is 1. The van der Waals surface area contributed by atoms with E-state index in [2.05, 4.69) is 36.2 Å². The second-order valence-corrected chi connectivity index (χ2v) is 5.26. The van der Waals surface area contributed by atoms with Crippen molar-refractivity contribution in [2.45, 2.75) is 19.7 Å². The van der Waals surface area contributed by atoms with Crippen molar-refractivity contribution in [2.24, 2.45) is 0 Å². The predicted octanol–water partition coefficient (Wildman–Crippen LogP) is 4.29. The van der Waals surface area contributed by atoms with Crippen molar-refractivity contribution >= 4 is 11.6 Å². The third kappa shape index (κ3) is 2.45. The van der Waals surface area contributed by atoms with Gasteiger partial charge < -0.3 is 0 Å². The minimum atomic E-state index is 0.326. The van der Waals surface area contributed by atoms with Crippen LogP contribution in [0.25, 0.3) is 17.1 Å². The molecule has 0 spiro atoms. The van der Waals surface area contributed by atoms with Gasteiger partial charge in [0.25, 0.3) is 0 Å². The molecule has 0 radical (unpaired) electrons. The quantitative estimate of drug-likeness (QED) is 0.675. The Labute approximate surface area is 129 Å². The van der Waals surface area contributed by atoms with Gasteiger partial charge in [0.2, 0.25) is 0 Å². The summed E-state index contributed by atoms with van der Waals surface area (Å²) in [5.74, 6) is 1.91. The third-order valence-corrected chi connectivity index (χ3v) is 3.95. The first kappa shape index (κ1) is 13.8. The van der Waals surface area contributed by atoms with Crippen LogP contribution in [0.3, 0.4) is 0 Å². The summed E-state index contributed by atoms with van der Waals surface area (Å²) in [6.07, 6.45) is 0. The lowest BCUT2D eigenvalue weighted by Gasteiger charge is -2.12. The molecule has 1 heterocycles. The van der Waals surface area contributed by atoms with Crippen LogP contribution in [0.4, 0.5) is 0 Å². The third-order valence-electron chi connectivity index (χ3n) is 3.71. The number of alkyl halides is 1. The number of hydrogen-bond donors (Lipinski definition) is 0. The fourth-order valence-electron chi connectivity index (χ4n) is 2.42. The number of halogens is 1. The Morgan fingerprint density at radius 1 is 0.952 bits per heavy atom. The number of aromatic nitrogens is 3. The van der Waals surface area contributed by atoms with E-state index in [1.165, 1.54) is 11.1 Å². The maximum absolute atomic E-state index is 6.03. The van der Waals surface area contributed by atoms with Crippen LogP contribution in [0.1, 0.15) is 17.0 Å². The van der Waals surface area contributed by atoms with E-state index in [1.807, 2.05) is 41.0 Å². The van der Waals surface area contributed by atoms with E-state index in [-0.39, 0.29) is 0 Å². The standard InChI is InChI=1S/C17H16ClN3/c1-12-7-6-10-15(13(12)2)17-20-19-16(11-18)21(17)14-8-4-3-5-9-14/h3-10H,11H2,1-2H3. The SMILES string of the molecule is Cc1cccc(-c2nnc(CCl)n2-c2ccccc2)c1C. The van der Waals surface area contributed by atoms with Crippen molar-refractivity contribution in [1.29, 1.82) is 0 Å². The summed E-state index contributed by atoms with van der Waals surface area (Å²) >= 11 is 6.03. The smallest absolute Gasteiger partial charge is 0.168 e. The Balaban J connectivity index is 2.25. The molecule has 0 aliphatic rings. The van der Waals surface area contributed by atoms with Gasteiger partial charge in [0.1, 0.15) is 0 Å². The molecular weight excluding hydrogens is 282 g/mol. The molecule has 3 aromatic rings. The summed E-state index contributed by atoms with van der Waals surface area (Å²) in [7, 11) is 0. The topological polar surface area (TPSA) is 30.7 Å². The molecule has 4 heteroatoms. The lowest BCUT2D eigenvalue weighted by molar-refractivity contribution is 0.953. The van der Waals surface area contributed by atoms with Gasteiger partial charge in [-0.15, -0.1) is 21.8 Å². The summed E-state index contributed by atoms with van der Waals surface area (Å²) in [4.78, 5) is 0. The number of hydrogen-bond acceptors (Lipinski definition) is 2. The maximum atomic E-state index is 6.03. The zero-order valence-corrected chi connectivity index (χ0v) is 12.8. The molecular formula is C17H16ClN3. The molecule has 0 bridgehead atoms. The van der Waals surface area contributed by atoms with Gasteiger partial charge in [0.15, 0.2) is 11.6 Å². The molecule has 2 aromatic carbocycles. The van der Waals surface area contributed by atoms with E-state index in [9.17, 15) is 0 Å². The van der Waals surface area contributed by atoms with Crippen molar-refractivity contribution < 1.29 is 0 Å². The van der Waals surface area contributed by atoms with Gasteiger partial charge in [-0.05, 0) is 37.1 Å². The second-order valence-electron chi connectivity index (χ2n) is 4.99. The molecule has 21 heavy (non-hydrogen) atoms. The summed E-state index contributed by atoms with van der Waals surface area (Å²) in [6, 6.07) is 16.3. The van der Waals surface area contributed by atoms with Crippen LogP contribution in [-0.4, -0.2) is 14.8 Å². The Bertz CT molecular complexity index is 763. The van der Waals surface area contributed by atoms with Gasteiger partial charge in [0, 0.05) is 11.3 Å². The van der Waals surface area contributed by atoms with Crippen molar-refractivity contribution in [3.8, 4) is 17.1 Å². The highest BCUT2D eigenvalue weighted by Crippen LogP contribution is 2.27. The van der Waals surface area contributed by atoms with Crippen LogP contribution < -0.4 is 0 Å². The average molecular weight is 298 g/mol. The number of para-hydroxylation sites is 1. The van der Waals surface area contributed by atoms with Crippen molar-refractivity contribution in [3.63, 3.8) is 0 Å². The maximum Gasteiger partial charge on any atom is 0.168 e. The van der Waals surface area contributed by atoms with E-state index in [1.54, 1.807) is 0 Å². The molecule has 1 aromatic heterocycles. The van der Waals surface area contributed by atoms with Crippen molar-refractivity contribution in [2.75, 3.05) is 0 Å². The molecule has 0 atom stereocenters. The van der Waals surface area contributed by atoms with E-state index in [4.69, 9.17) is 11.6 Å². The summed E-state index contributed by atoms with van der Waals surface area (Å²) < 4.78 is 2.02. The first-order valence-electron chi connectivity index (χ1n) is 6.84. The normalized spacial score (nSPS) is 10.8. The van der Waals surface area contributed by atoms with Crippen molar-refractivity contribution in [1.82, 2.24) is 14.8 Å². The van der Waals surface area contributed by atoms with E-state index in [0.29, 0.717) is 5.88 Å². The second kappa shape index (κ2) is 5.70. The first-order chi connectivity index (χ1) is 10.2. The first-order valence-corrected chi connectivity index (χ1v) is 7.38. The highest BCUT2D eigenvalue weighted by atomic mass is 35.5. The van der Waals surface area contributed by atoms with Gasteiger partial charge in [-0.3, -0.25) is 4.57 Å². The summed E-state index contributed by atoms with van der Waals surface area (Å²) in [6.45, 7) is 4.21. The highest BCUT2D eigenvalue weighted by Gasteiger charge is 2.16. The molecule has 0 saturated carbocycles. The molecule has 0 aliphatic carbocycles.